The van der Waals surface area contributed by atoms with E-state index in [2.05, 4.69) is 37.7 Å². The Labute approximate surface area is 222 Å². The Morgan fingerprint density at radius 3 is 1.26 bits per heavy atom. The molecule has 1 fully saturated rings. The molecule has 0 saturated heterocycles. The topological polar surface area (TPSA) is 99.9 Å². The molecule has 0 amide bonds. The van der Waals surface area contributed by atoms with Crippen LogP contribution in [0.4, 0.5) is 0 Å². The molecule has 0 aliphatic heterocycles. The predicted octanol–water partition coefficient (Wildman–Crippen LogP) is 5.98. The van der Waals surface area contributed by atoms with Gasteiger partial charge in [0.1, 0.15) is 11.8 Å². The number of ketones is 4. The standard InChI is InChI=1S/C32H34N2O4/c1-17(2)13-15-23-25(19-9-5-7-11-21(19)33-23)27-29(35)31(37)28(32(38)30(27)36)26-20-10-6-8-12-22(20)34-24(26)16-14-18(3)4/h5-12,17-18,27-28,33-34H,13-16H2,1-4H3. The molecule has 38 heavy (non-hydrogen) atoms. The van der Waals surface area contributed by atoms with Crippen molar-refractivity contribution in [2.45, 2.75) is 65.2 Å². The summed E-state index contributed by atoms with van der Waals surface area (Å²) in [6.07, 6.45) is 2.92. The third-order valence-electron chi connectivity index (χ3n) is 7.71. The fourth-order valence-electron chi connectivity index (χ4n) is 5.69. The number of aromatic nitrogens is 2. The van der Waals surface area contributed by atoms with Crippen LogP contribution in [0.3, 0.4) is 0 Å². The second-order valence-electron chi connectivity index (χ2n) is 11.3. The number of nitrogens with one attached hydrogen (secondary N) is 2. The van der Waals surface area contributed by atoms with Crippen LogP contribution in [0.5, 0.6) is 0 Å². The number of aryl methyl sites for hydroxylation is 2. The molecular weight excluding hydrogens is 476 g/mol. The normalized spacial score (nSPS) is 18.6. The van der Waals surface area contributed by atoms with E-state index in [-0.39, 0.29) is 0 Å². The van der Waals surface area contributed by atoms with Gasteiger partial charge in [0.05, 0.1) is 0 Å². The Balaban J connectivity index is 1.61. The third kappa shape index (κ3) is 4.42. The van der Waals surface area contributed by atoms with Gasteiger partial charge < -0.3 is 9.97 Å². The number of hydrogen-bond acceptors (Lipinski definition) is 4. The quantitative estimate of drug-likeness (QED) is 0.225. The van der Waals surface area contributed by atoms with E-state index in [0.717, 1.165) is 35.3 Å². The maximum Gasteiger partial charge on any atom is 0.214 e. The summed E-state index contributed by atoms with van der Waals surface area (Å²) in [6.45, 7) is 8.42. The molecule has 1 aliphatic rings. The summed E-state index contributed by atoms with van der Waals surface area (Å²) in [6, 6.07) is 14.9. The van der Waals surface area contributed by atoms with Gasteiger partial charge in [-0.05, 0) is 60.8 Å². The largest absolute Gasteiger partial charge is 0.358 e. The second kappa shape index (κ2) is 10.2. The predicted molar refractivity (Wildman–Crippen MR) is 148 cm³/mol. The summed E-state index contributed by atoms with van der Waals surface area (Å²) in [5, 5.41) is 1.42. The van der Waals surface area contributed by atoms with Crippen LogP contribution >= 0.6 is 0 Å². The number of benzene rings is 2. The Bertz CT molecular complexity index is 1420. The minimum absolute atomic E-state index is 0.408. The first-order valence-electron chi connectivity index (χ1n) is 13.5. The number of fused-ring (bicyclic) bond motifs is 2. The molecule has 0 bridgehead atoms. The van der Waals surface area contributed by atoms with E-state index < -0.39 is 35.0 Å². The van der Waals surface area contributed by atoms with Gasteiger partial charge in [0.15, 0.2) is 0 Å². The highest BCUT2D eigenvalue weighted by Gasteiger charge is 2.52. The highest BCUT2D eigenvalue weighted by Crippen LogP contribution is 2.40. The van der Waals surface area contributed by atoms with Crippen LogP contribution in [-0.2, 0) is 32.0 Å². The van der Waals surface area contributed by atoms with E-state index in [0.29, 0.717) is 46.6 Å². The van der Waals surface area contributed by atoms with E-state index in [4.69, 9.17) is 0 Å². The van der Waals surface area contributed by atoms with Crippen LogP contribution in [0.1, 0.15) is 74.9 Å². The summed E-state index contributed by atoms with van der Waals surface area (Å²) in [5.74, 6) is -5.18. The number of carbonyl (C=O) groups excluding carboxylic acids is 4. The molecule has 0 atom stereocenters. The molecule has 2 heterocycles. The maximum absolute atomic E-state index is 13.8. The van der Waals surface area contributed by atoms with Gasteiger partial charge >= 0.3 is 0 Å². The van der Waals surface area contributed by atoms with Gasteiger partial charge in [-0.15, -0.1) is 0 Å². The SMILES string of the molecule is CC(C)CCc1[nH]c2ccccc2c1C1C(=O)C(=O)C(c2c(CCC(C)C)[nH]c3ccccc23)C(=O)C1=O. The lowest BCUT2D eigenvalue weighted by Crippen LogP contribution is -2.46. The average Bonchev–Trinajstić information content (AvgIpc) is 3.44. The molecule has 0 radical (unpaired) electrons. The lowest BCUT2D eigenvalue weighted by atomic mass is 9.71. The lowest BCUT2D eigenvalue weighted by molar-refractivity contribution is -0.151. The first-order valence-corrected chi connectivity index (χ1v) is 13.5. The molecule has 0 spiro atoms. The zero-order chi connectivity index (χ0) is 27.1. The van der Waals surface area contributed by atoms with E-state index in [1.165, 1.54) is 0 Å². The molecule has 2 N–H and O–H groups in total. The Kier molecular flexibility index (Phi) is 6.91. The van der Waals surface area contributed by atoms with Gasteiger partial charge in [-0.2, -0.15) is 0 Å². The molecule has 2 aromatic heterocycles. The number of aromatic amines is 2. The maximum atomic E-state index is 13.8. The van der Waals surface area contributed by atoms with Crippen LogP contribution in [0.25, 0.3) is 21.8 Å². The third-order valence-corrected chi connectivity index (χ3v) is 7.71. The van der Waals surface area contributed by atoms with Gasteiger partial charge in [-0.3, -0.25) is 19.2 Å². The molecule has 6 nitrogen and oxygen atoms in total. The highest BCUT2D eigenvalue weighted by atomic mass is 16.2. The van der Waals surface area contributed by atoms with Crippen molar-refractivity contribution in [2.24, 2.45) is 11.8 Å². The number of carbonyl (C=O) groups is 4. The Morgan fingerprint density at radius 1 is 0.579 bits per heavy atom. The number of H-pyrrole nitrogens is 2. The Hall–Kier alpha value is -3.80. The van der Waals surface area contributed by atoms with Gasteiger partial charge in [0.2, 0.25) is 23.1 Å². The van der Waals surface area contributed by atoms with Gasteiger partial charge in [-0.25, -0.2) is 0 Å². The fraction of sp³-hybridized carbons (Fsp3) is 0.375. The van der Waals surface area contributed by atoms with E-state index in [9.17, 15) is 19.2 Å². The van der Waals surface area contributed by atoms with E-state index >= 15 is 0 Å². The van der Waals surface area contributed by atoms with E-state index in [1.54, 1.807) is 0 Å². The van der Waals surface area contributed by atoms with Crippen LogP contribution in [0, 0.1) is 11.8 Å². The van der Waals surface area contributed by atoms with Crippen molar-refractivity contribution < 1.29 is 19.2 Å². The molecule has 0 unspecified atom stereocenters. The highest BCUT2D eigenvalue weighted by molar-refractivity contribution is 6.64. The molecule has 4 aromatic rings. The lowest BCUT2D eigenvalue weighted by Gasteiger charge is -2.25. The molecule has 6 heteroatoms. The smallest absolute Gasteiger partial charge is 0.214 e. The molecular formula is C32H34N2O4. The van der Waals surface area contributed by atoms with Crippen molar-refractivity contribution in [3.05, 3.63) is 71.0 Å². The van der Waals surface area contributed by atoms with Crippen molar-refractivity contribution in [3.63, 3.8) is 0 Å². The van der Waals surface area contributed by atoms with Gasteiger partial charge in [-0.1, -0.05) is 64.1 Å². The van der Waals surface area contributed by atoms with Crippen LogP contribution in [0.2, 0.25) is 0 Å². The van der Waals surface area contributed by atoms with Crippen LogP contribution in [-0.4, -0.2) is 33.1 Å². The van der Waals surface area contributed by atoms with Gasteiger partial charge in [0, 0.05) is 33.2 Å². The van der Waals surface area contributed by atoms with Crippen molar-refractivity contribution in [2.75, 3.05) is 0 Å². The van der Waals surface area contributed by atoms with Gasteiger partial charge in [0.25, 0.3) is 0 Å². The van der Waals surface area contributed by atoms with Crippen LogP contribution in [0.15, 0.2) is 48.5 Å². The zero-order valence-electron chi connectivity index (χ0n) is 22.4. The zero-order valence-corrected chi connectivity index (χ0v) is 22.4. The summed E-state index contributed by atoms with van der Waals surface area (Å²) >= 11 is 0. The summed E-state index contributed by atoms with van der Waals surface area (Å²) in [5.41, 5.74) is 4.03. The summed E-state index contributed by atoms with van der Waals surface area (Å²) in [7, 11) is 0. The first kappa shape index (κ1) is 25.8. The summed E-state index contributed by atoms with van der Waals surface area (Å²) in [4.78, 5) is 61.9. The molecule has 1 saturated carbocycles. The summed E-state index contributed by atoms with van der Waals surface area (Å²) < 4.78 is 0. The number of para-hydroxylation sites is 2. The molecule has 2 aromatic carbocycles. The average molecular weight is 511 g/mol. The van der Waals surface area contributed by atoms with E-state index in [1.807, 2.05) is 48.5 Å². The minimum Gasteiger partial charge on any atom is -0.358 e. The molecule has 1 aliphatic carbocycles. The number of hydrogen-bond donors (Lipinski definition) is 2. The number of Topliss-reactive ketones (excluding diaryl/α,β-unsaturated/α-hetero) is 4. The van der Waals surface area contributed by atoms with Crippen molar-refractivity contribution in [3.8, 4) is 0 Å². The fourth-order valence-corrected chi connectivity index (χ4v) is 5.69. The molecule has 196 valence electrons. The van der Waals surface area contributed by atoms with Crippen molar-refractivity contribution in [1.29, 1.82) is 0 Å². The second-order valence-corrected chi connectivity index (χ2v) is 11.3. The molecule has 5 rings (SSSR count). The van der Waals surface area contributed by atoms with Crippen molar-refractivity contribution >= 4 is 44.9 Å². The first-order chi connectivity index (χ1) is 18.2. The minimum atomic E-state index is -1.41. The van der Waals surface area contributed by atoms with Crippen LogP contribution < -0.4 is 0 Å². The Morgan fingerprint density at radius 2 is 0.921 bits per heavy atom. The number of rotatable bonds is 8. The monoisotopic (exact) mass is 510 g/mol. The van der Waals surface area contributed by atoms with Crippen molar-refractivity contribution in [1.82, 2.24) is 9.97 Å².